The highest BCUT2D eigenvalue weighted by molar-refractivity contribution is 7.21. The van der Waals surface area contributed by atoms with Crippen molar-refractivity contribution < 1.29 is 27.5 Å². The van der Waals surface area contributed by atoms with Crippen molar-refractivity contribution in [1.29, 1.82) is 0 Å². The smallest absolute Gasteiger partial charge is 0.291 e. The maximum Gasteiger partial charge on any atom is 0.291 e. The summed E-state index contributed by atoms with van der Waals surface area (Å²) in [5, 5.41) is 3.04. The van der Waals surface area contributed by atoms with Crippen LogP contribution in [0.2, 0.25) is 0 Å². The molecule has 0 aliphatic heterocycles. The fraction of sp³-hybridized carbons (Fsp3) is 0.194. The monoisotopic (exact) mass is 575 g/mol. The van der Waals surface area contributed by atoms with Crippen LogP contribution in [0, 0.1) is 0 Å². The Hall–Kier alpha value is -4.57. The second-order valence-corrected chi connectivity index (χ2v) is 11.4. The van der Waals surface area contributed by atoms with Crippen LogP contribution < -0.4 is 15.8 Å². The molecule has 41 heavy (non-hydrogen) atoms. The maximum atomic E-state index is 13.7. The summed E-state index contributed by atoms with van der Waals surface area (Å²) in [6.45, 7) is 6.48. The molecule has 10 heteroatoms. The van der Waals surface area contributed by atoms with Gasteiger partial charge in [0, 0.05) is 5.39 Å². The fourth-order valence-electron chi connectivity index (χ4n) is 4.33. The first kappa shape index (κ1) is 28.0. The van der Waals surface area contributed by atoms with Gasteiger partial charge >= 0.3 is 0 Å². The first-order valence-electron chi connectivity index (χ1n) is 12.8. The van der Waals surface area contributed by atoms with E-state index in [0.29, 0.717) is 28.0 Å². The number of hydrogen-bond donors (Lipinski definition) is 2. The van der Waals surface area contributed by atoms with Crippen molar-refractivity contribution in [2.75, 3.05) is 5.32 Å². The SMILES string of the molecule is CC(C)(C)c1ccc(OCc2ccc(C(=O)Nc3c(C(N)=O)sc4nc(C(F)F)cc(-c5ccccc5)c34)o2)cc1. The number of benzene rings is 2. The van der Waals surface area contributed by atoms with Crippen LogP contribution in [-0.2, 0) is 12.0 Å². The number of aromatic nitrogens is 1. The first-order chi connectivity index (χ1) is 19.5. The maximum absolute atomic E-state index is 13.7. The second kappa shape index (κ2) is 11.1. The molecule has 7 nitrogen and oxygen atoms in total. The van der Waals surface area contributed by atoms with Crippen LogP contribution in [0.15, 0.2) is 77.2 Å². The van der Waals surface area contributed by atoms with Crippen LogP contribution >= 0.6 is 11.3 Å². The van der Waals surface area contributed by atoms with Gasteiger partial charge in [0.2, 0.25) is 0 Å². The lowest BCUT2D eigenvalue weighted by atomic mass is 9.87. The molecule has 0 unspecified atom stereocenters. The average molecular weight is 576 g/mol. The number of furan rings is 1. The minimum Gasteiger partial charge on any atom is -0.486 e. The van der Waals surface area contributed by atoms with Gasteiger partial charge in [-0.05, 0) is 52.4 Å². The highest BCUT2D eigenvalue weighted by Gasteiger charge is 2.26. The number of nitrogens with one attached hydrogen (secondary N) is 1. The minimum atomic E-state index is -2.83. The molecule has 0 atom stereocenters. The number of carbonyl (C=O) groups excluding carboxylic acids is 2. The van der Waals surface area contributed by atoms with Gasteiger partial charge in [0.15, 0.2) is 5.76 Å². The number of halogens is 2. The number of rotatable bonds is 8. The van der Waals surface area contributed by atoms with E-state index < -0.39 is 23.9 Å². The number of primary amides is 1. The van der Waals surface area contributed by atoms with Crippen molar-refractivity contribution in [3.63, 3.8) is 0 Å². The molecule has 3 aromatic heterocycles. The van der Waals surface area contributed by atoms with Gasteiger partial charge in [0.05, 0.1) is 5.69 Å². The largest absolute Gasteiger partial charge is 0.486 e. The summed E-state index contributed by atoms with van der Waals surface area (Å²) in [4.78, 5) is 29.8. The van der Waals surface area contributed by atoms with E-state index in [9.17, 15) is 18.4 Å². The third-order valence-electron chi connectivity index (χ3n) is 6.44. The predicted octanol–water partition coefficient (Wildman–Crippen LogP) is 7.72. The van der Waals surface area contributed by atoms with Crippen LogP contribution in [0.3, 0.4) is 0 Å². The highest BCUT2D eigenvalue weighted by atomic mass is 32.1. The molecule has 5 aromatic rings. The molecule has 210 valence electrons. The number of ether oxygens (including phenoxy) is 1. The Morgan fingerprint density at radius 2 is 1.76 bits per heavy atom. The molecule has 3 N–H and O–H groups in total. The number of alkyl halides is 2. The zero-order chi connectivity index (χ0) is 29.3. The summed E-state index contributed by atoms with van der Waals surface area (Å²) < 4.78 is 38.9. The van der Waals surface area contributed by atoms with E-state index in [1.807, 2.05) is 24.3 Å². The number of carbonyl (C=O) groups is 2. The Morgan fingerprint density at radius 3 is 2.39 bits per heavy atom. The van der Waals surface area contributed by atoms with Crippen molar-refractivity contribution in [3.05, 3.63) is 100 Å². The van der Waals surface area contributed by atoms with Crippen LogP contribution in [0.4, 0.5) is 14.5 Å². The summed E-state index contributed by atoms with van der Waals surface area (Å²) in [7, 11) is 0. The standard InChI is InChI=1S/C31H27F2N3O4S/c1-31(2,3)18-9-11-19(12-10-18)39-16-20-13-14-23(40-20)29(38)36-25-24-21(17-7-5-4-6-8-17)15-22(27(32)33)35-30(24)41-26(25)28(34)37/h4-15,27H,16H2,1-3H3,(H2,34,37)(H,36,38). The molecule has 0 fully saturated rings. The van der Waals surface area contributed by atoms with E-state index in [-0.39, 0.29) is 33.2 Å². The number of amides is 2. The summed E-state index contributed by atoms with van der Waals surface area (Å²) in [5.41, 5.74) is 7.44. The summed E-state index contributed by atoms with van der Waals surface area (Å²) >= 11 is 0.839. The van der Waals surface area contributed by atoms with Crippen molar-refractivity contribution >= 4 is 39.1 Å². The lowest BCUT2D eigenvalue weighted by Crippen LogP contribution is -2.16. The number of anilines is 1. The predicted molar refractivity (Wildman–Crippen MR) is 155 cm³/mol. The molecule has 0 aliphatic rings. The minimum absolute atomic E-state index is 0.0155. The molecule has 2 amide bonds. The Balaban J connectivity index is 1.42. The van der Waals surface area contributed by atoms with Gasteiger partial charge in [-0.2, -0.15) is 0 Å². The number of nitrogens with two attached hydrogens (primary N) is 1. The van der Waals surface area contributed by atoms with Crippen LogP contribution in [-0.4, -0.2) is 16.8 Å². The van der Waals surface area contributed by atoms with Crippen molar-refractivity contribution in [2.45, 2.75) is 39.2 Å². The lowest BCUT2D eigenvalue weighted by Gasteiger charge is -2.19. The molecular weight excluding hydrogens is 548 g/mol. The quantitative estimate of drug-likeness (QED) is 0.197. The Morgan fingerprint density at radius 1 is 1.05 bits per heavy atom. The summed E-state index contributed by atoms with van der Waals surface area (Å²) in [6.07, 6.45) is -2.83. The number of pyridine rings is 1. The molecule has 5 rings (SSSR count). The van der Waals surface area contributed by atoms with E-state index in [1.165, 1.54) is 17.7 Å². The van der Waals surface area contributed by atoms with E-state index in [1.54, 1.807) is 36.4 Å². The van der Waals surface area contributed by atoms with Gasteiger partial charge in [-0.15, -0.1) is 11.3 Å². The molecule has 2 aromatic carbocycles. The number of hydrogen-bond acceptors (Lipinski definition) is 6. The van der Waals surface area contributed by atoms with Crippen molar-refractivity contribution in [1.82, 2.24) is 4.98 Å². The molecule has 0 saturated heterocycles. The van der Waals surface area contributed by atoms with Crippen molar-refractivity contribution in [3.8, 4) is 16.9 Å². The van der Waals surface area contributed by atoms with Crippen molar-refractivity contribution in [2.24, 2.45) is 5.73 Å². The van der Waals surface area contributed by atoms with Crippen LogP contribution in [0.25, 0.3) is 21.3 Å². The van der Waals surface area contributed by atoms with E-state index in [2.05, 4.69) is 31.1 Å². The van der Waals surface area contributed by atoms with Crippen LogP contribution in [0.1, 0.15) is 64.4 Å². The van der Waals surface area contributed by atoms with Gasteiger partial charge in [0.25, 0.3) is 18.2 Å². The topological polar surface area (TPSA) is 107 Å². The number of nitrogens with zero attached hydrogens (tertiary/aromatic N) is 1. The third kappa shape index (κ3) is 5.97. The number of fused-ring (bicyclic) bond motifs is 1. The van der Waals surface area contributed by atoms with E-state index in [0.717, 1.165) is 11.3 Å². The van der Waals surface area contributed by atoms with E-state index in [4.69, 9.17) is 14.9 Å². The summed E-state index contributed by atoms with van der Waals surface area (Å²) in [5.74, 6) is -0.439. The molecule has 0 bridgehead atoms. The molecule has 0 saturated carbocycles. The third-order valence-corrected chi connectivity index (χ3v) is 7.54. The second-order valence-electron chi connectivity index (χ2n) is 10.4. The molecule has 0 radical (unpaired) electrons. The Bertz CT molecular complexity index is 1720. The normalized spacial score (nSPS) is 11.7. The zero-order valence-corrected chi connectivity index (χ0v) is 23.4. The lowest BCUT2D eigenvalue weighted by molar-refractivity contribution is 0.0992. The average Bonchev–Trinajstić information content (AvgIpc) is 3.57. The number of thiophene rings is 1. The Labute approximate surface area is 239 Å². The van der Waals surface area contributed by atoms with Gasteiger partial charge in [0.1, 0.15) is 33.5 Å². The van der Waals surface area contributed by atoms with Gasteiger partial charge < -0.3 is 20.2 Å². The first-order valence-corrected chi connectivity index (χ1v) is 13.6. The van der Waals surface area contributed by atoms with E-state index >= 15 is 0 Å². The van der Waals surface area contributed by atoms with Crippen LogP contribution in [0.5, 0.6) is 5.75 Å². The molecule has 3 heterocycles. The molecule has 0 spiro atoms. The molecule has 0 aliphatic carbocycles. The summed E-state index contributed by atoms with van der Waals surface area (Å²) in [6, 6.07) is 20.9. The van der Waals surface area contributed by atoms with Gasteiger partial charge in [-0.3, -0.25) is 9.59 Å². The molecular formula is C31H27F2N3O4S. The zero-order valence-electron chi connectivity index (χ0n) is 22.5. The highest BCUT2D eigenvalue weighted by Crippen LogP contribution is 2.42. The fourth-order valence-corrected chi connectivity index (χ4v) is 5.34. The van der Waals surface area contributed by atoms with Gasteiger partial charge in [-0.25, -0.2) is 13.8 Å². The Kier molecular flexibility index (Phi) is 7.59. The van der Waals surface area contributed by atoms with Gasteiger partial charge in [-0.1, -0.05) is 63.2 Å².